The van der Waals surface area contributed by atoms with E-state index in [9.17, 15) is 4.79 Å². The maximum atomic E-state index is 12.0. The van der Waals surface area contributed by atoms with Crippen molar-refractivity contribution in [1.82, 2.24) is 5.43 Å². The summed E-state index contributed by atoms with van der Waals surface area (Å²) in [5.41, 5.74) is 4.17. The Kier molecular flexibility index (Phi) is 9.60. The molecule has 0 aromatic heterocycles. The Morgan fingerprint density at radius 2 is 1.79 bits per heavy atom. The number of halogens is 3. The Morgan fingerprint density at radius 1 is 1.03 bits per heavy atom. The Labute approximate surface area is 214 Å². The highest BCUT2D eigenvalue weighted by Crippen LogP contribution is 2.37. The van der Waals surface area contributed by atoms with Crippen LogP contribution in [0, 0.1) is 0 Å². The maximum absolute atomic E-state index is 12.0. The van der Waals surface area contributed by atoms with E-state index in [-0.39, 0.29) is 6.61 Å². The van der Waals surface area contributed by atoms with Gasteiger partial charge in [-0.05, 0) is 70.4 Å². The van der Waals surface area contributed by atoms with Crippen LogP contribution in [0.3, 0.4) is 0 Å². The summed E-state index contributed by atoms with van der Waals surface area (Å²) >= 11 is 13.0. The Hall–Kier alpha value is -2.55. The molecule has 3 rings (SSSR count). The Balaban J connectivity index is 1.61. The van der Waals surface area contributed by atoms with Gasteiger partial charge < -0.3 is 14.2 Å². The minimum atomic E-state index is -0.412. The number of hydrogen-bond acceptors (Lipinski definition) is 5. The molecular formula is C24H21Br2ClN2O4. The molecule has 0 aliphatic carbocycles. The first-order valence-corrected chi connectivity index (χ1v) is 12.0. The first-order chi connectivity index (χ1) is 16.0. The van der Waals surface area contributed by atoms with Gasteiger partial charge >= 0.3 is 0 Å². The van der Waals surface area contributed by atoms with Gasteiger partial charge in [0.15, 0.2) is 18.1 Å². The molecule has 9 heteroatoms. The first-order valence-electron chi connectivity index (χ1n) is 9.99. The lowest BCUT2D eigenvalue weighted by Crippen LogP contribution is -2.24. The van der Waals surface area contributed by atoms with Crippen molar-refractivity contribution in [3.8, 4) is 17.2 Å². The number of carbonyl (C=O) groups is 1. The van der Waals surface area contributed by atoms with E-state index >= 15 is 0 Å². The van der Waals surface area contributed by atoms with E-state index in [1.165, 1.54) is 6.21 Å². The van der Waals surface area contributed by atoms with Gasteiger partial charge in [0.05, 0.1) is 22.3 Å². The summed E-state index contributed by atoms with van der Waals surface area (Å²) in [5.74, 6) is 1.18. The zero-order valence-corrected chi connectivity index (χ0v) is 21.6. The number of hydrogen-bond donors (Lipinski definition) is 1. The Bertz CT molecular complexity index is 1120. The van der Waals surface area contributed by atoms with E-state index in [1.54, 1.807) is 30.3 Å². The van der Waals surface area contributed by atoms with Crippen LogP contribution in [0.5, 0.6) is 17.2 Å². The van der Waals surface area contributed by atoms with Gasteiger partial charge in [-0.15, -0.1) is 0 Å². The third-order valence-corrected chi connectivity index (χ3v) is 5.66. The molecule has 0 radical (unpaired) electrons. The Morgan fingerprint density at radius 3 is 2.52 bits per heavy atom. The molecule has 3 aromatic rings. The van der Waals surface area contributed by atoms with Gasteiger partial charge in [-0.1, -0.05) is 51.8 Å². The van der Waals surface area contributed by atoms with Crippen LogP contribution in [-0.2, 0) is 11.4 Å². The van der Waals surface area contributed by atoms with E-state index in [1.807, 2.05) is 37.3 Å². The predicted octanol–water partition coefficient (Wildman–Crippen LogP) is 6.37. The van der Waals surface area contributed by atoms with Crippen LogP contribution in [0.2, 0.25) is 5.02 Å². The lowest BCUT2D eigenvalue weighted by atomic mass is 10.2. The fourth-order valence-electron chi connectivity index (χ4n) is 2.72. The van der Waals surface area contributed by atoms with Crippen LogP contribution in [0.15, 0.2) is 74.7 Å². The standard InChI is InChI=1S/C24H21Br2ClN2O4/c1-2-31-22-12-17(11-19(26)24(22)33-14-16-7-9-18(25)10-8-16)13-28-29-23(30)15-32-21-6-4-3-5-20(21)27/h3-13H,2,14-15H2,1H3,(H,29,30)/b28-13-. The largest absolute Gasteiger partial charge is 0.490 e. The molecule has 0 aliphatic rings. The number of nitrogens with one attached hydrogen (secondary N) is 1. The van der Waals surface area contributed by atoms with E-state index in [2.05, 4.69) is 42.4 Å². The van der Waals surface area contributed by atoms with Crippen molar-refractivity contribution in [3.05, 3.63) is 85.8 Å². The second-order valence-corrected chi connectivity index (χ2v) is 8.87. The van der Waals surface area contributed by atoms with Crippen LogP contribution < -0.4 is 19.6 Å². The van der Waals surface area contributed by atoms with E-state index in [0.717, 1.165) is 10.0 Å². The molecule has 0 spiro atoms. The van der Waals surface area contributed by atoms with Crippen molar-refractivity contribution < 1.29 is 19.0 Å². The van der Waals surface area contributed by atoms with Gasteiger partial charge in [-0.25, -0.2) is 5.43 Å². The number of carbonyl (C=O) groups excluding carboxylic acids is 1. The summed E-state index contributed by atoms with van der Waals surface area (Å²) in [6.45, 7) is 2.54. The van der Waals surface area contributed by atoms with Crippen molar-refractivity contribution in [1.29, 1.82) is 0 Å². The third kappa shape index (κ3) is 7.77. The number of benzene rings is 3. The fourth-order valence-corrected chi connectivity index (χ4v) is 3.75. The number of hydrazone groups is 1. The molecule has 0 atom stereocenters. The summed E-state index contributed by atoms with van der Waals surface area (Å²) in [6.07, 6.45) is 1.51. The number of rotatable bonds is 10. The molecule has 6 nitrogen and oxygen atoms in total. The van der Waals surface area contributed by atoms with Crippen molar-refractivity contribution in [3.63, 3.8) is 0 Å². The average Bonchev–Trinajstić information content (AvgIpc) is 2.79. The van der Waals surface area contributed by atoms with Crippen molar-refractivity contribution in [2.24, 2.45) is 5.10 Å². The molecule has 0 aliphatic heterocycles. The summed E-state index contributed by atoms with van der Waals surface area (Å²) in [6, 6.07) is 18.4. The van der Waals surface area contributed by atoms with E-state index in [0.29, 0.717) is 45.5 Å². The minimum Gasteiger partial charge on any atom is -0.490 e. The summed E-state index contributed by atoms with van der Waals surface area (Å²) in [4.78, 5) is 12.0. The SMILES string of the molecule is CCOc1cc(/C=N\NC(=O)COc2ccccc2Cl)cc(Br)c1OCc1ccc(Br)cc1. The normalized spacial score (nSPS) is 10.8. The lowest BCUT2D eigenvalue weighted by molar-refractivity contribution is -0.123. The van der Waals surface area contributed by atoms with Gasteiger partial charge in [-0.3, -0.25) is 4.79 Å². The molecule has 172 valence electrons. The predicted molar refractivity (Wildman–Crippen MR) is 136 cm³/mol. The average molecular weight is 597 g/mol. The van der Waals surface area contributed by atoms with Crippen LogP contribution in [0.4, 0.5) is 0 Å². The van der Waals surface area contributed by atoms with Gasteiger partial charge in [0.1, 0.15) is 12.4 Å². The summed E-state index contributed by atoms with van der Waals surface area (Å²) in [7, 11) is 0. The molecule has 1 N–H and O–H groups in total. The molecular weight excluding hydrogens is 576 g/mol. The fraction of sp³-hybridized carbons (Fsp3) is 0.167. The molecule has 0 bridgehead atoms. The maximum Gasteiger partial charge on any atom is 0.277 e. The van der Waals surface area contributed by atoms with Crippen LogP contribution >= 0.6 is 43.5 Å². The monoisotopic (exact) mass is 594 g/mol. The molecule has 0 saturated heterocycles. The van der Waals surface area contributed by atoms with Crippen LogP contribution in [-0.4, -0.2) is 25.3 Å². The quantitative estimate of drug-likeness (QED) is 0.218. The van der Waals surface area contributed by atoms with Gasteiger partial charge in [0, 0.05) is 4.47 Å². The summed E-state index contributed by atoms with van der Waals surface area (Å²) in [5, 5.41) is 4.43. The molecule has 0 unspecified atom stereocenters. The lowest BCUT2D eigenvalue weighted by Gasteiger charge is -2.14. The number of nitrogens with zero attached hydrogens (tertiary/aromatic N) is 1. The first kappa shape index (κ1) is 25.1. The molecule has 0 saturated carbocycles. The van der Waals surface area contributed by atoms with Crippen molar-refractivity contribution in [2.75, 3.05) is 13.2 Å². The summed E-state index contributed by atoms with van der Waals surface area (Å²) < 4.78 is 18.9. The van der Waals surface area contributed by atoms with Gasteiger partial charge in [-0.2, -0.15) is 5.10 Å². The van der Waals surface area contributed by atoms with E-state index < -0.39 is 5.91 Å². The zero-order chi connectivity index (χ0) is 23.6. The number of para-hydroxylation sites is 1. The molecule has 3 aromatic carbocycles. The second kappa shape index (κ2) is 12.6. The minimum absolute atomic E-state index is 0.211. The van der Waals surface area contributed by atoms with Crippen molar-refractivity contribution >= 4 is 55.6 Å². The zero-order valence-electron chi connectivity index (χ0n) is 17.7. The van der Waals surface area contributed by atoms with Crippen molar-refractivity contribution in [2.45, 2.75) is 13.5 Å². The second-order valence-electron chi connectivity index (χ2n) is 6.69. The van der Waals surface area contributed by atoms with Crippen LogP contribution in [0.1, 0.15) is 18.1 Å². The molecule has 33 heavy (non-hydrogen) atoms. The molecule has 0 fully saturated rings. The molecule has 1 amide bonds. The van der Waals surface area contributed by atoms with Crippen LogP contribution in [0.25, 0.3) is 0 Å². The highest BCUT2D eigenvalue weighted by molar-refractivity contribution is 9.10. The van der Waals surface area contributed by atoms with Gasteiger partial charge in [0.2, 0.25) is 0 Å². The number of amides is 1. The highest BCUT2D eigenvalue weighted by atomic mass is 79.9. The molecule has 0 heterocycles. The van der Waals surface area contributed by atoms with Gasteiger partial charge in [0.25, 0.3) is 5.91 Å². The third-order valence-electron chi connectivity index (χ3n) is 4.23. The number of ether oxygens (including phenoxy) is 3. The van der Waals surface area contributed by atoms with E-state index in [4.69, 9.17) is 25.8 Å². The highest BCUT2D eigenvalue weighted by Gasteiger charge is 2.12. The topological polar surface area (TPSA) is 69.2 Å². The smallest absolute Gasteiger partial charge is 0.277 e.